The molecule has 1 N–H and O–H groups in total. The maximum Gasteiger partial charge on any atom is 0.304 e. The molecule has 0 spiro atoms. The molecule has 0 amide bonds. The summed E-state index contributed by atoms with van der Waals surface area (Å²) in [4.78, 5) is 20.7. The number of aliphatic carboxylic acids is 1. The Balaban J connectivity index is 3.76. The molecule has 3 nitrogen and oxygen atoms in total. The summed E-state index contributed by atoms with van der Waals surface area (Å²) >= 11 is 3.01. The van der Waals surface area contributed by atoms with Gasteiger partial charge in [-0.3, -0.25) is 9.59 Å². The fourth-order valence-electron chi connectivity index (χ4n) is 0.668. The third-order valence-corrected chi connectivity index (χ3v) is 2.13. The van der Waals surface area contributed by atoms with E-state index < -0.39 is 10.8 Å². The van der Waals surface area contributed by atoms with Crippen LogP contribution in [0.3, 0.4) is 0 Å². The maximum atomic E-state index is 11.1. The van der Waals surface area contributed by atoms with Crippen molar-refractivity contribution < 1.29 is 14.7 Å². The van der Waals surface area contributed by atoms with Crippen molar-refractivity contribution >= 4 is 27.7 Å². The van der Waals surface area contributed by atoms with Gasteiger partial charge in [-0.2, -0.15) is 0 Å². The molecule has 0 bridgehead atoms. The van der Waals surface area contributed by atoms with E-state index in [0.29, 0.717) is 12.8 Å². The Morgan fingerprint density at radius 2 is 2.17 bits per heavy atom. The Hall–Kier alpha value is -0.640. The Bertz CT molecular complexity index is 189. The van der Waals surface area contributed by atoms with E-state index in [4.69, 9.17) is 5.11 Å². The van der Waals surface area contributed by atoms with Gasteiger partial charge in [-0.05, 0) is 6.42 Å². The van der Waals surface area contributed by atoms with Crippen LogP contribution in [0.15, 0.2) is 12.7 Å². The van der Waals surface area contributed by atoms with Crippen molar-refractivity contribution in [2.45, 2.75) is 24.1 Å². The molecule has 0 aliphatic rings. The second-order valence-corrected chi connectivity index (χ2v) is 3.46. The Morgan fingerprint density at radius 3 is 2.58 bits per heavy atom. The van der Waals surface area contributed by atoms with E-state index in [1.54, 1.807) is 6.08 Å². The van der Waals surface area contributed by atoms with Gasteiger partial charge in [0.05, 0.1) is 11.2 Å². The average molecular weight is 235 g/mol. The first-order valence-corrected chi connectivity index (χ1v) is 4.49. The molecule has 1 atom stereocenters. The molecule has 4 heteroatoms. The smallest absolute Gasteiger partial charge is 0.304 e. The van der Waals surface area contributed by atoms with Crippen LogP contribution in [0.5, 0.6) is 0 Å². The molecule has 0 saturated heterocycles. The van der Waals surface area contributed by atoms with E-state index in [1.807, 2.05) is 0 Å². The highest BCUT2D eigenvalue weighted by atomic mass is 79.9. The lowest BCUT2D eigenvalue weighted by Gasteiger charge is -2.03. The standard InChI is InChI=1S/C8H11BrO3/c1-2-3-4-7(10)6(9)5-8(11)12/h2,6H,1,3-5H2,(H,11,12). The van der Waals surface area contributed by atoms with E-state index >= 15 is 0 Å². The number of carbonyl (C=O) groups excluding carboxylic acids is 1. The van der Waals surface area contributed by atoms with Gasteiger partial charge in [0.25, 0.3) is 0 Å². The molecule has 0 aromatic rings. The van der Waals surface area contributed by atoms with Crippen molar-refractivity contribution in [1.29, 1.82) is 0 Å². The van der Waals surface area contributed by atoms with Crippen LogP contribution in [0, 0.1) is 0 Å². The monoisotopic (exact) mass is 234 g/mol. The molecule has 0 heterocycles. The molecule has 0 aliphatic carbocycles. The van der Waals surface area contributed by atoms with Crippen molar-refractivity contribution in [2.75, 3.05) is 0 Å². The molecule has 0 saturated carbocycles. The van der Waals surface area contributed by atoms with Crippen molar-refractivity contribution in [2.24, 2.45) is 0 Å². The number of carbonyl (C=O) groups is 2. The van der Waals surface area contributed by atoms with Crippen LogP contribution in [-0.4, -0.2) is 21.7 Å². The average Bonchev–Trinajstić information content (AvgIpc) is 1.98. The summed E-state index contributed by atoms with van der Waals surface area (Å²) in [5.74, 6) is -1.05. The van der Waals surface area contributed by atoms with Gasteiger partial charge in [-0.25, -0.2) is 0 Å². The Morgan fingerprint density at radius 1 is 1.58 bits per heavy atom. The van der Waals surface area contributed by atoms with Gasteiger partial charge in [0.2, 0.25) is 0 Å². The summed E-state index contributed by atoms with van der Waals surface area (Å²) in [7, 11) is 0. The summed E-state index contributed by atoms with van der Waals surface area (Å²) < 4.78 is 0. The van der Waals surface area contributed by atoms with Gasteiger partial charge >= 0.3 is 5.97 Å². The number of carboxylic acid groups (broad SMARTS) is 1. The molecular formula is C8H11BrO3. The molecular weight excluding hydrogens is 224 g/mol. The van der Waals surface area contributed by atoms with Gasteiger partial charge in [-0.15, -0.1) is 6.58 Å². The van der Waals surface area contributed by atoms with Crippen molar-refractivity contribution in [1.82, 2.24) is 0 Å². The molecule has 0 rings (SSSR count). The molecule has 68 valence electrons. The predicted octanol–water partition coefficient (Wildman–Crippen LogP) is 1.76. The highest BCUT2D eigenvalue weighted by molar-refractivity contribution is 9.10. The minimum atomic E-state index is -0.969. The largest absolute Gasteiger partial charge is 0.481 e. The first-order chi connectivity index (χ1) is 5.57. The molecule has 1 unspecified atom stereocenters. The topological polar surface area (TPSA) is 54.4 Å². The number of hydrogen-bond acceptors (Lipinski definition) is 2. The zero-order chi connectivity index (χ0) is 9.56. The first kappa shape index (κ1) is 11.4. The van der Waals surface area contributed by atoms with E-state index in [0.717, 1.165) is 0 Å². The summed E-state index contributed by atoms with van der Waals surface area (Å²) in [5.41, 5.74) is 0. The number of hydrogen-bond donors (Lipinski definition) is 1. The second-order valence-electron chi connectivity index (χ2n) is 2.36. The third kappa shape index (κ3) is 5.07. The number of carboxylic acids is 1. The highest BCUT2D eigenvalue weighted by Gasteiger charge is 2.16. The lowest BCUT2D eigenvalue weighted by molar-refractivity contribution is -0.138. The molecule has 0 fully saturated rings. The lowest BCUT2D eigenvalue weighted by Crippen LogP contribution is -2.17. The number of rotatable bonds is 6. The number of ketones is 1. The predicted molar refractivity (Wildman–Crippen MR) is 49.4 cm³/mol. The van der Waals surface area contributed by atoms with E-state index in [9.17, 15) is 9.59 Å². The fourth-order valence-corrected chi connectivity index (χ4v) is 1.17. The van der Waals surface area contributed by atoms with Crippen molar-refractivity contribution in [3.63, 3.8) is 0 Å². The molecule has 12 heavy (non-hydrogen) atoms. The minimum absolute atomic E-state index is 0.0858. The quantitative estimate of drug-likeness (QED) is 0.563. The van der Waals surface area contributed by atoms with Gasteiger partial charge in [-0.1, -0.05) is 22.0 Å². The van der Waals surface area contributed by atoms with E-state index in [-0.39, 0.29) is 12.2 Å². The van der Waals surface area contributed by atoms with Gasteiger partial charge < -0.3 is 5.11 Å². The minimum Gasteiger partial charge on any atom is -0.481 e. The van der Waals surface area contributed by atoms with E-state index in [1.165, 1.54) is 0 Å². The first-order valence-electron chi connectivity index (χ1n) is 3.57. The zero-order valence-electron chi connectivity index (χ0n) is 6.62. The zero-order valence-corrected chi connectivity index (χ0v) is 8.21. The van der Waals surface area contributed by atoms with Gasteiger partial charge in [0.15, 0.2) is 0 Å². The van der Waals surface area contributed by atoms with Crippen LogP contribution in [0.1, 0.15) is 19.3 Å². The normalized spacial score (nSPS) is 12.1. The van der Waals surface area contributed by atoms with Crippen molar-refractivity contribution in [3.8, 4) is 0 Å². The number of allylic oxidation sites excluding steroid dienone is 1. The molecule has 0 aliphatic heterocycles. The number of alkyl halides is 1. The summed E-state index contributed by atoms with van der Waals surface area (Å²) in [5, 5.41) is 8.36. The maximum absolute atomic E-state index is 11.1. The van der Waals surface area contributed by atoms with E-state index in [2.05, 4.69) is 22.5 Å². The third-order valence-electron chi connectivity index (χ3n) is 1.30. The Labute approximate surface area is 79.6 Å². The number of halogens is 1. The van der Waals surface area contributed by atoms with Crippen LogP contribution in [0.4, 0.5) is 0 Å². The van der Waals surface area contributed by atoms with Crippen LogP contribution in [-0.2, 0) is 9.59 Å². The van der Waals surface area contributed by atoms with Crippen LogP contribution < -0.4 is 0 Å². The fraction of sp³-hybridized carbons (Fsp3) is 0.500. The molecule has 0 radical (unpaired) electrons. The Kier molecular flexibility index (Phi) is 5.62. The van der Waals surface area contributed by atoms with Crippen molar-refractivity contribution in [3.05, 3.63) is 12.7 Å². The SMILES string of the molecule is C=CCCC(=O)C(Br)CC(=O)O. The van der Waals surface area contributed by atoms with Crippen LogP contribution in [0.25, 0.3) is 0 Å². The highest BCUT2D eigenvalue weighted by Crippen LogP contribution is 2.10. The number of Topliss-reactive ketones (excluding diaryl/α,β-unsaturated/α-hetero) is 1. The molecule has 0 aromatic carbocycles. The second kappa shape index (κ2) is 5.94. The summed E-state index contributed by atoms with van der Waals surface area (Å²) in [6.45, 7) is 3.47. The molecule has 0 aromatic heterocycles. The van der Waals surface area contributed by atoms with Crippen LogP contribution in [0.2, 0.25) is 0 Å². The van der Waals surface area contributed by atoms with Crippen LogP contribution >= 0.6 is 15.9 Å². The summed E-state index contributed by atoms with van der Waals surface area (Å²) in [6.07, 6.45) is 2.43. The summed E-state index contributed by atoms with van der Waals surface area (Å²) in [6, 6.07) is 0. The lowest BCUT2D eigenvalue weighted by atomic mass is 10.1. The van der Waals surface area contributed by atoms with Gasteiger partial charge in [0.1, 0.15) is 5.78 Å². The van der Waals surface area contributed by atoms with Gasteiger partial charge in [0, 0.05) is 6.42 Å².